The number of carbonyl (C=O) groups is 1. The van der Waals surface area contributed by atoms with Crippen molar-refractivity contribution in [2.45, 2.75) is 65.5 Å². The Bertz CT molecular complexity index is 1290. The van der Waals surface area contributed by atoms with Crippen LogP contribution in [0.25, 0.3) is 5.57 Å². The molecule has 1 aliphatic heterocycles. The summed E-state index contributed by atoms with van der Waals surface area (Å²) in [5.74, 6) is 2.63. The Morgan fingerprint density at radius 3 is 2.62 bits per heavy atom. The maximum atomic E-state index is 14.3. The quantitative estimate of drug-likeness (QED) is 0.145. The van der Waals surface area contributed by atoms with Gasteiger partial charge in [-0.25, -0.2) is 0 Å². The van der Waals surface area contributed by atoms with Crippen molar-refractivity contribution in [2.24, 2.45) is 5.92 Å². The van der Waals surface area contributed by atoms with Crippen LogP contribution in [0.2, 0.25) is 0 Å². The number of carbonyl (C=O) groups excluding carboxylic acids is 1. The fraction of sp³-hybridized carbons (Fsp3) is 0.364. The van der Waals surface area contributed by atoms with E-state index in [9.17, 15) is 13.6 Å². The molecule has 0 saturated heterocycles. The Morgan fingerprint density at radius 1 is 1.28 bits per heavy atom. The average Bonchev–Trinajstić information content (AvgIpc) is 2.82. The average molecular weight is 549 g/mol. The first-order chi connectivity index (χ1) is 18.5. The molecule has 0 bridgehead atoms. The lowest BCUT2D eigenvalue weighted by Crippen LogP contribution is -2.32. The lowest BCUT2D eigenvalue weighted by atomic mass is 9.85. The summed E-state index contributed by atoms with van der Waals surface area (Å²) in [5, 5.41) is 2.96. The van der Waals surface area contributed by atoms with Crippen molar-refractivity contribution in [3.05, 3.63) is 94.4 Å². The molecule has 1 unspecified atom stereocenters. The van der Waals surface area contributed by atoms with E-state index in [-0.39, 0.29) is 11.5 Å². The van der Waals surface area contributed by atoms with Crippen molar-refractivity contribution in [3.63, 3.8) is 0 Å². The number of alkyl halides is 2. The highest BCUT2D eigenvalue weighted by molar-refractivity contribution is 7.17. The molecule has 1 saturated carbocycles. The number of amides is 1. The van der Waals surface area contributed by atoms with Gasteiger partial charge in [0.25, 0.3) is 5.66 Å². The van der Waals surface area contributed by atoms with E-state index in [1.807, 2.05) is 38.2 Å². The van der Waals surface area contributed by atoms with Crippen LogP contribution in [0.4, 0.5) is 14.5 Å². The second kappa shape index (κ2) is 13.7. The molecule has 2 aliphatic rings. The van der Waals surface area contributed by atoms with E-state index in [2.05, 4.69) is 30.0 Å². The van der Waals surface area contributed by atoms with E-state index in [0.29, 0.717) is 24.6 Å². The van der Waals surface area contributed by atoms with Gasteiger partial charge in [-0.05, 0) is 87.3 Å². The Labute approximate surface area is 234 Å². The van der Waals surface area contributed by atoms with Gasteiger partial charge in [0.05, 0.1) is 0 Å². The zero-order valence-corrected chi connectivity index (χ0v) is 24.5. The van der Waals surface area contributed by atoms with Gasteiger partial charge in [-0.15, -0.1) is 6.42 Å². The van der Waals surface area contributed by atoms with Crippen LogP contribution in [0.5, 0.6) is 0 Å². The number of hydrogen-bond acceptors (Lipinski definition) is 2. The van der Waals surface area contributed by atoms with Crippen LogP contribution in [0, 0.1) is 18.3 Å². The van der Waals surface area contributed by atoms with Crippen molar-refractivity contribution in [1.82, 2.24) is 5.32 Å². The summed E-state index contributed by atoms with van der Waals surface area (Å²) in [6.07, 6.45) is 22.5. The molecule has 1 aromatic carbocycles. The van der Waals surface area contributed by atoms with E-state index >= 15 is 0 Å². The number of rotatable bonds is 9. The molecule has 3 nitrogen and oxygen atoms in total. The van der Waals surface area contributed by atoms with Crippen molar-refractivity contribution >= 4 is 26.4 Å². The summed E-state index contributed by atoms with van der Waals surface area (Å²) in [4.78, 5) is 15.4. The van der Waals surface area contributed by atoms with E-state index in [1.54, 1.807) is 39.6 Å². The minimum absolute atomic E-state index is 0.0519. The van der Waals surface area contributed by atoms with Gasteiger partial charge < -0.3 is 10.2 Å². The monoisotopic (exact) mass is 548 g/mol. The Kier molecular flexibility index (Phi) is 10.7. The second-order valence-corrected chi connectivity index (χ2v) is 11.2. The van der Waals surface area contributed by atoms with Crippen LogP contribution in [-0.4, -0.2) is 12.5 Å². The highest BCUT2D eigenvalue weighted by Crippen LogP contribution is 2.45. The molecule has 1 N–H and O–H groups in total. The third kappa shape index (κ3) is 8.38. The number of halogens is 2. The second-order valence-electron chi connectivity index (χ2n) is 10.5. The number of fused-ring (bicyclic) bond motifs is 1. The number of anilines is 1. The molecule has 1 aromatic rings. The first-order valence-electron chi connectivity index (χ1n) is 13.5. The molecule has 39 heavy (non-hydrogen) atoms. The van der Waals surface area contributed by atoms with Gasteiger partial charge in [0, 0.05) is 40.8 Å². The first-order valence-corrected chi connectivity index (χ1v) is 14.1. The zero-order chi connectivity index (χ0) is 28.6. The van der Waals surface area contributed by atoms with E-state index in [1.165, 1.54) is 23.8 Å². The Morgan fingerprint density at radius 2 is 2.03 bits per heavy atom. The number of terminal acetylenes is 1. The number of nitrogens with one attached hydrogen (secondary N) is 1. The van der Waals surface area contributed by atoms with Crippen LogP contribution < -0.4 is 10.2 Å². The predicted molar refractivity (Wildman–Crippen MR) is 163 cm³/mol. The van der Waals surface area contributed by atoms with Gasteiger partial charge in [-0.2, -0.15) is 8.78 Å². The van der Waals surface area contributed by atoms with Gasteiger partial charge in [0.2, 0.25) is 5.91 Å². The number of hydrogen-bond donors (Lipinski definition) is 1. The van der Waals surface area contributed by atoms with Crippen LogP contribution >= 0.6 is 9.24 Å². The largest absolute Gasteiger partial charge is 0.344 e. The fourth-order valence-electron chi connectivity index (χ4n) is 4.82. The molecule has 1 fully saturated rings. The van der Waals surface area contributed by atoms with E-state index < -0.39 is 5.66 Å². The number of benzene rings is 1. The molecular formula is C33H39F2N2OP. The number of allylic oxidation sites excluding steroid dienone is 9. The molecule has 1 aliphatic carbocycles. The molecule has 0 spiro atoms. The van der Waals surface area contributed by atoms with Crippen LogP contribution in [-0.2, 0) is 10.5 Å². The van der Waals surface area contributed by atoms with Crippen LogP contribution in [0.1, 0.15) is 70.9 Å². The van der Waals surface area contributed by atoms with Crippen LogP contribution in [0.3, 0.4) is 0 Å². The first kappa shape index (κ1) is 30.3. The smallest absolute Gasteiger partial charge is 0.283 e. The minimum atomic E-state index is -3.03. The molecule has 6 heteroatoms. The third-order valence-electron chi connectivity index (χ3n) is 6.77. The maximum Gasteiger partial charge on any atom is 0.283 e. The Balaban J connectivity index is 1.99. The third-order valence-corrected chi connectivity index (χ3v) is 7.10. The molecule has 0 aromatic heterocycles. The predicted octanol–water partition coefficient (Wildman–Crippen LogP) is 8.40. The van der Waals surface area contributed by atoms with E-state index in [0.717, 1.165) is 41.7 Å². The normalized spacial score (nSPS) is 17.6. The van der Waals surface area contributed by atoms with Crippen molar-refractivity contribution in [3.8, 4) is 12.3 Å². The van der Waals surface area contributed by atoms with Crippen molar-refractivity contribution in [2.75, 3.05) is 11.4 Å². The molecular weight excluding hydrogens is 509 g/mol. The summed E-state index contributed by atoms with van der Waals surface area (Å²) in [6.45, 7) is 8.82. The molecule has 206 valence electrons. The van der Waals surface area contributed by atoms with E-state index in [4.69, 9.17) is 6.42 Å². The van der Waals surface area contributed by atoms with Gasteiger partial charge in [-0.3, -0.25) is 4.79 Å². The highest BCUT2D eigenvalue weighted by Gasteiger charge is 2.31. The fourth-order valence-corrected chi connectivity index (χ4v) is 5.00. The molecule has 3 rings (SSSR count). The van der Waals surface area contributed by atoms with Crippen molar-refractivity contribution < 1.29 is 13.6 Å². The van der Waals surface area contributed by atoms with Gasteiger partial charge >= 0.3 is 0 Å². The summed E-state index contributed by atoms with van der Waals surface area (Å²) in [5.41, 5.74) is 3.57. The maximum absolute atomic E-state index is 14.3. The summed E-state index contributed by atoms with van der Waals surface area (Å²) < 4.78 is 28.7. The topological polar surface area (TPSA) is 32.3 Å². The molecule has 1 heterocycles. The minimum Gasteiger partial charge on any atom is -0.344 e. The lowest BCUT2D eigenvalue weighted by molar-refractivity contribution is -0.115. The standard InChI is InChI=1S/C33H39F2N2OP/c1-6-8-9-12-24(5)20-28(11-7-2)36-32(38)21-26-17-18-37(30(19-23(3)4)25-13-10-14-25)31-22-27(33(34,35)39)15-16-29(26)31/h1,7-9,11-12,15-16,20-23H,10,13-14,17-19,39H2,2-5H3,(H,36,38)/b9-8-,11-7-,24-12+,26-21+,28-20+. The lowest BCUT2D eigenvalue weighted by Gasteiger charge is -2.39. The zero-order valence-electron chi connectivity index (χ0n) is 23.4. The van der Waals surface area contributed by atoms with Gasteiger partial charge in [-0.1, -0.05) is 64.9 Å². The summed E-state index contributed by atoms with van der Waals surface area (Å²) in [6, 6.07) is 4.79. The molecule has 1 atom stereocenters. The van der Waals surface area contributed by atoms with Gasteiger partial charge in [0.1, 0.15) is 0 Å². The van der Waals surface area contributed by atoms with Gasteiger partial charge in [0.15, 0.2) is 0 Å². The summed E-state index contributed by atoms with van der Waals surface area (Å²) >= 11 is 0. The Hall–Kier alpha value is -3.22. The highest BCUT2D eigenvalue weighted by atomic mass is 31.0. The van der Waals surface area contributed by atoms with Crippen LogP contribution in [0.15, 0.2) is 83.3 Å². The molecule has 1 amide bonds. The summed E-state index contributed by atoms with van der Waals surface area (Å²) in [7, 11) is 1.64. The SMILES string of the molecule is C#C\C=C/C=C(C)/C=C(\C=C/C)NC(=O)/C=C1\CCN(C(CC(C)C)=C2CCC2)c2cc(C(F)(F)P)ccc21. The van der Waals surface area contributed by atoms with Crippen molar-refractivity contribution in [1.29, 1.82) is 0 Å². The molecule has 0 radical (unpaired) electrons. The number of nitrogens with zero attached hydrogens (tertiary/aromatic N) is 1.